The number of rotatable bonds is 3. The van der Waals surface area contributed by atoms with Gasteiger partial charge in [0.1, 0.15) is 5.60 Å². The number of hydrogen-bond donors (Lipinski definition) is 0. The van der Waals surface area contributed by atoms with E-state index in [2.05, 4.69) is 11.5 Å². The van der Waals surface area contributed by atoms with Gasteiger partial charge in [0, 0.05) is 6.04 Å². The average Bonchev–Trinajstić information content (AvgIpc) is 2.72. The highest BCUT2D eigenvalue weighted by Crippen LogP contribution is 2.45. The first-order valence-electron chi connectivity index (χ1n) is 6.46. The molecule has 3 nitrogen and oxygen atoms in total. The van der Waals surface area contributed by atoms with Crippen LogP contribution in [0, 0.1) is 5.92 Å². The van der Waals surface area contributed by atoms with E-state index in [1.165, 1.54) is 12.8 Å². The van der Waals surface area contributed by atoms with Crippen LogP contribution in [-0.4, -0.2) is 28.4 Å². The predicted molar refractivity (Wildman–Crippen MR) is 67.4 cm³/mol. The lowest BCUT2D eigenvalue weighted by atomic mass is 9.96. The second kappa shape index (κ2) is 4.04. The van der Waals surface area contributed by atoms with Crippen molar-refractivity contribution in [3.63, 3.8) is 0 Å². The molecule has 2 rings (SSSR count). The molecule has 3 atom stereocenters. The standard InChI is InChI=1S/C14H23NO2/c1-9(16)13-11-6-7-12(8-11)15(13)10(2)17-14(3,4)5/h11-13H,2,6-8H2,1,3-5H3/t11-,12+,13+/m0/s1. The minimum Gasteiger partial charge on any atom is -0.474 e. The van der Waals surface area contributed by atoms with Gasteiger partial charge in [0.2, 0.25) is 0 Å². The highest BCUT2D eigenvalue weighted by atomic mass is 16.5. The Labute approximate surface area is 104 Å². The molecule has 1 saturated heterocycles. The molecule has 2 fully saturated rings. The summed E-state index contributed by atoms with van der Waals surface area (Å²) in [7, 11) is 0. The summed E-state index contributed by atoms with van der Waals surface area (Å²) < 4.78 is 5.83. The molecule has 1 aliphatic carbocycles. The Hall–Kier alpha value is -0.990. The molecule has 17 heavy (non-hydrogen) atoms. The van der Waals surface area contributed by atoms with Crippen LogP contribution in [0.25, 0.3) is 0 Å². The number of ketones is 1. The first kappa shape index (κ1) is 12.5. The highest BCUT2D eigenvalue weighted by Gasteiger charge is 2.49. The van der Waals surface area contributed by atoms with Gasteiger partial charge >= 0.3 is 0 Å². The predicted octanol–water partition coefficient (Wildman–Crippen LogP) is 2.71. The molecule has 1 saturated carbocycles. The maximum Gasteiger partial charge on any atom is 0.183 e. The molecule has 0 spiro atoms. The molecule has 0 radical (unpaired) electrons. The van der Waals surface area contributed by atoms with E-state index in [0.29, 0.717) is 17.8 Å². The van der Waals surface area contributed by atoms with Crippen molar-refractivity contribution in [2.45, 2.75) is 64.6 Å². The van der Waals surface area contributed by atoms with Gasteiger partial charge in [-0.25, -0.2) is 0 Å². The van der Waals surface area contributed by atoms with E-state index in [0.717, 1.165) is 6.42 Å². The van der Waals surface area contributed by atoms with Crippen LogP contribution in [0.5, 0.6) is 0 Å². The zero-order chi connectivity index (χ0) is 12.8. The van der Waals surface area contributed by atoms with E-state index in [-0.39, 0.29) is 17.4 Å². The Morgan fingerprint density at radius 3 is 2.53 bits per heavy atom. The van der Waals surface area contributed by atoms with Gasteiger partial charge in [-0.3, -0.25) is 4.79 Å². The lowest BCUT2D eigenvalue weighted by Gasteiger charge is -2.38. The van der Waals surface area contributed by atoms with Crippen LogP contribution in [0.15, 0.2) is 12.5 Å². The fraction of sp³-hybridized carbons (Fsp3) is 0.786. The highest BCUT2D eigenvalue weighted by molar-refractivity contribution is 5.82. The van der Waals surface area contributed by atoms with Crippen molar-refractivity contribution in [3.8, 4) is 0 Å². The van der Waals surface area contributed by atoms with Crippen molar-refractivity contribution in [1.29, 1.82) is 0 Å². The van der Waals surface area contributed by atoms with Crippen LogP contribution in [-0.2, 0) is 9.53 Å². The monoisotopic (exact) mass is 237 g/mol. The maximum absolute atomic E-state index is 11.8. The maximum atomic E-state index is 11.8. The summed E-state index contributed by atoms with van der Waals surface area (Å²) in [5.41, 5.74) is -0.250. The Kier molecular flexibility index (Phi) is 2.96. The van der Waals surface area contributed by atoms with Crippen molar-refractivity contribution in [3.05, 3.63) is 12.5 Å². The molecule has 0 aromatic carbocycles. The van der Waals surface area contributed by atoms with Crippen LogP contribution in [0.3, 0.4) is 0 Å². The van der Waals surface area contributed by atoms with Gasteiger partial charge < -0.3 is 9.64 Å². The van der Waals surface area contributed by atoms with Crippen molar-refractivity contribution < 1.29 is 9.53 Å². The first-order chi connectivity index (χ1) is 7.79. The molecule has 0 aromatic heterocycles. The average molecular weight is 237 g/mol. The summed E-state index contributed by atoms with van der Waals surface area (Å²) in [6, 6.07) is 0.465. The third-order valence-electron chi connectivity index (χ3n) is 3.71. The summed E-state index contributed by atoms with van der Waals surface area (Å²) in [6.07, 6.45) is 3.46. The van der Waals surface area contributed by atoms with E-state index < -0.39 is 0 Å². The molecular formula is C14H23NO2. The number of likely N-dealkylation sites (tertiary alicyclic amines) is 1. The van der Waals surface area contributed by atoms with Gasteiger partial charge in [-0.1, -0.05) is 0 Å². The fourth-order valence-corrected chi connectivity index (χ4v) is 3.28. The first-order valence-corrected chi connectivity index (χ1v) is 6.46. The van der Waals surface area contributed by atoms with Crippen molar-refractivity contribution >= 4 is 5.78 Å². The SMILES string of the molecule is C=C(OC(C)(C)C)N1[C@@H]2CC[C@@H](C2)[C@H]1C(C)=O. The largest absolute Gasteiger partial charge is 0.474 e. The third kappa shape index (κ3) is 2.33. The summed E-state index contributed by atoms with van der Waals surface area (Å²) in [5, 5.41) is 0. The lowest BCUT2D eigenvalue weighted by Crippen LogP contribution is -2.45. The van der Waals surface area contributed by atoms with Crippen LogP contribution < -0.4 is 0 Å². The summed E-state index contributed by atoms with van der Waals surface area (Å²) in [5.74, 6) is 1.43. The molecule has 1 aliphatic heterocycles. The Balaban J connectivity index is 2.14. The zero-order valence-corrected chi connectivity index (χ0v) is 11.3. The van der Waals surface area contributed by atoms with Crippen molar-refractivity contribution in [2.24, 2.45) is 5.92 Å². The van der Waals surface area contributed by atoms with Crippen molar-refractivity contribution in [2.75, 3.05) is 0 Å². The molecule has 2 bridgehead atoms. The number of carbonyl (C=O) groups excluding carboxylic acids is 1. The Morgan fingerprint density at radius 1 is 1.35 bits per heavy atom. The lowest BCUT2D eigenvalue weighted by molar-refractivity contribution is -0.125. The molecule has 0 N–H and O–H groups in total. The number of carbonyl (C=O) groups is 1. The normalized spacial score (nSPS) is 31.8. The van der Waals surface area contributed by atoms with Gasteiger partial charge in [-0.2, -0.15) is 0 Å². The van der Waals surface area contributed by atoms with E-state index in [4.69, 9.17) is 4.74 Å². The third-order valence-corrected chi connectivity index (χ3v) is 3.71. The number of Topliss-reactive ketones (excluding diaryl/α,β-unsaturated/α-hetero) is 1. The minimum absolute atomic E-state index is 0.00333. The zero-order valence-electron chi connectivity index (χ0n) is 11.3. The van der Waals surface area contributed by atoms with Gasteiger partial charge in [-0.05, 0) is 59.5 Å². The molecule has 1 heterocycles. The van der Waals surface area contributed by atoms with Crippen LogP contribution >= 0.6 is 0 Å². The second-order valence-electron chi connectivity index (χ2n) is 6.30. The van der Waals surface area contributed by atoms with Crippen LogP contribution in [0.2, 0.25) is 0 Å². The summed E-state index contributed by atoms with van der Waals surface area (Å²) in [4.78, 5) is 13.9. The van der Waals surface area contributed by atoms with Crippen LogP contribution in [0.1, 0.15) is 47.0 Å². The molecule has 3 heteroatoms. The smallest absolute Gasteiger partial charge is 0.183 e. The Bertz CT molecular complexity index is 343. The quantitative estimate of drug-likeness (QED) is 0.707. The molecule has 0 aromatic rings. The van der Waals surface area contributed by atoms with E-state index in [1.54, 1.807) is 6.92 Å². The molecule has 96 valence electrons. The number of piperidine rings is 1. The molecule has 0 amide bonds. The molecular weight excluding hydrogens is 214 g/mol. The minimum atomic E-state index is -0.250. The number of ether oxygens (including phenoxy) is 1. The van der Waals surface area contributed by atoms with Gasteiger partial charge in [0.25, 0.3) is 0 Å². The van der Waals surface area contributed by atoms with Gasteiger partial charge in [-0.15, -0.1) is 0 Å². The summed E-state index contributed by atoms with van der Waals surface area (Å²) >= 11 is 0. The van der Waals surface area contributed by atoms with E-state index in [9.17, 15) is 4.79 Å². The van der Waals surface area contributed by atoms with Crippen molar-refractivity contribution in [1.82, 2.24) is 4.90 Å². The number of hydrogen-bond acceptors (Lipinski definition) is 3. The number of nitrogens with zero attached hydrogens (tertiary/aromatic N) is 1. The summed E-state index contributed by atoms with van der Waals surface area (Å²) in [6.45, 7) is 11.7. The van der Waals surface area contributed by atoms with Gasteiger partial charge in [0.05, 0.1) is 6.04 Å². The fourth-order valence-electron chi connectivity index (χ4n) is 3.28. The van der Waals surface area contributed by atoms with Crippen LogP contribution in [0.4, 0.5) is 0 Å². The topological polar surface area (TPSA) is 29.5 Å². The second-order valence-corrected chi connectivity index (χ2v) is 6.30. The number of fused-ring (bicyclic) bond motifs is 2. The van der Waals surface area contributed by atoms with E-state index >= 15 is 0 Å². The van der Waals surface area contributed by atoms with E-state index in [1.807, 2.05) is 20.8 Å². The Morgan fingerprint density at radius 2 is 2.00 bits per heavy atom. The molecule has 2 aliphatic rings. The van der Waals surface area contributed by atoms with Gasteiger partial charge in [0.15, 0.2) is 11.7 Å². The molecule has 0 unspecified atom stereocenters.